The Morgan fingerprint density at radius 3 is 1.41 bits per heavy atom. The van der Waals surface area contributed by atoms with Gasteiger partial charge in [0.2, 0.25) is 0 Å². The van der Waals surface area contributed by atoms with Crippen molar-refractivity contribution in [3.63, 3.8) is 0 Å². The second-order valence-corrected chi connectivity index (χ2v) is 17.7. The smallest absolute Gasteiger partial charge is 0.0540 e. The van der Waals surface area contributed by atoms with Crippen molar-refractivity contribution in [1.82, 2.24) is 0 Å². The van der Waals surface area contributed by atoms with Crippen molar-refractivity contribution >= 4 is 17.1 Å². The zero-order valence-electron chi connectivity index (χ0n) is 35.2. The van der Waals surface area contributed by atoms with E-state index in [4.69, 9.17) is 0 Å². The van der Waals surface area contributed by atoms with Gasteiger partial charge in [-0.15, -0.1) is 0 Å². The second-order valence-electron chi connectivity index (χ2n) is 17.7. The van der Waals surface area contributed by atoms with Crippen molar-refractivity contribution in [3.8, 4) is 66.8 Å². The fourth-order valence-corrected chi connectivity index (χ4v) is 10.6. The Labute approximate surface area is 360 Å². The van der Waals surface area contributed by atoms with E-state index in [9.17, 15) is 0 Å². The van der Waals surface area contributed by atoms with Crippen LogP contribution in [0.3, 0.4) is 0 Å². The fraction of sp³-hybridized carbons (Fsp3) is 0.100. The molecule has 292 valence electrons. The molecule has 0 bridgehead atoms. The summed E-state index contributed by atoms with van der Waals surface area (Å²) in [5, 5.41) is 0. The fourth-order valence-electron chi connectivity index (χ4n) is 10.6. The summed E-state index contributed by atoms with van der Waals surface area (Å²) in [5.74, 6) is 0. The van der Waals surface area contributed by atoms with Gasteiger partial charge >= 0.3 is 0 Å². The Bertz CT molecular complexity index is 3130. The number of fused-ring (bicyclic) bond motifs is 6. The first kappa shape index (κ1) is 36.8. The van der Waals surface area contributed by atoms with Crippen LogP contribution in [0, 0.1) is 0 Å². The van der Waals surface area contributed by atoms with Gasteiger partial charge in [0.15, 0.2) is 0 Å². The molecule has 9 aromatic rings. The molecule has 0 amide bonds. The molecule has 0 N–H and O–H groups in total. The summed E-state index contributed by atoms with van der Waals surface area (Å²) in [5.41, 5.74) is 23.5. The van der Waals surface area contributed by atoms with E-state index in [1.165, 1.54) is 89.0 Å². The Kier molecular flexibility index (Phi) is 8.58. The van der Waals surface area contributed by atoms with Gasteiger partial charge in [-0.1, -0.05) is 210 Å². The Balaban J connectivity index is 1.17. The topological polar surface area (TPSA) is 3.24 Å². The second kappa shape index (κ2) is 14.2. The first-order chi connectivity index (χ1) is 29.8. The van der Waals surface area contributed by atoms with Crippen molar-refractivity contribution in [1.29, 1.82) is 0 Å². The van der Waals surface area contributed by atoms with Gasteiger partial charge in [0, 0.05) is 27.6 Å². The molecule has 0 atom stereocenters. The predicted octanol–water partition coefficient (Wildman–Crippen LogP) is 16.4. The SMILES string of the molecule is CC1(C)c2ccccc2-c2ccc(-c3ccccc3N(c3ccc(-c4ccccc4)c(-c4ccccc4)c3)c3ccccc3-c3cccc4c3C(C)(C)c3ccccc3-4)cc21. The van der Waals surface area contributed by atoms with E-state index in [0.29, 0.717) is 0 Å². The summed E-state index contributed by atoms with van der Waals surface area (Å²) in [7, 11) is 0. The molecule has 0 saturated carbocycles. The van der Waals surface area contributed by atoms with Crippen LogP contribution in [0.25, 0.3) is 66.8 Å². The van der Waals surface area contributed by atoms with Crippen LogP contribution in [0.15, 0.2) is 212 Å². The van der Waals surface area contributed by atoms with E-state index >= 15 is 0 Å². The van der Waals surface area contributed by atoms with Gasteiger partial charge in [-0.25, -0.2) is 0 Å². The molecular formula is C60H47N. The first-order valence-corrected chi connectivity index (χ1v) is 21.5. The Hall–Kier alpha value is -7.22. The number of nitrogens with zero attached hydrogens (tertiary/aromatic N) is 1. The molecule has 9 aromatic carbocycles. The molecule has 1 heteroatoms. The zero-order chi connectivity index (χ0) is 41.3. The highest BCUT2D eigenvalue weighted by Gasteiger charge is 2.38. The lowest BCUT2D eigenvalue weighted by molar-refractivity contribution is 0.660. The van der Waals surface area contributed by atoms with Crippen LogP contribution < -0.4 is 4.90 Å². The summed E-state index contributed by atoms with van der Waals surface area (Å²) in [6.07, 6.45) is 0. The normalized spacial score (nSPS) is 13.8. The van der Waals surface area contributed by atoms with Gasteiger partial charge in [0.1, 0.15) is 0 Å². The lowest BCUT2D eigenvalue weighted by Crippen LogP contribution is -2.17. The number of benzene rings is 9. The third-order valence-corrected chi connectivity index (χ3v) is 13.5. The van der Waals surface area contributed by atoms with Gasteiger partial charge < -0.3 is 4.90 Å². The summed E-state index contributed by atoms with van der Waals surface area (Å²) in [4.78, 5) is 2.52. The Morgan fingerprint density at radius 2 is 0.738 bits per heavy atom. The number of anilines is 3. The van der Waals surface area contributed by atoms with Crippen LogP contribution in [0.2, 0.25) is 0 Å². The van der Waals surface area contributed by atoms with Crippen molar-refractivity contribution in [2.24, 2.45) is 0 Å². The minimum atomic E-state index is -0.176. The van der Waals surface area contributed by atoms with Crippen LogP contribution in [-0.4, -0.2) is 0 Å². The average molecular weight is 782 g/mol. The standard InChI is InChI=1S/C60H47N/c1-59(2)53-30-15-11-25-46(53)48-36-34-42(38-55(48)59)45-24-13-17-32-56(45)61(43-35-37-44(40-20-7-5-8-21-40)52(39-43)41-22-9-6-10-23-41)57-33-18-14-27-49(57)51-29-19-28-50-47-26-12-16-31-54(47)60(3,4)58(50)51/h5-39H,1-4H3. The maximum Gasteiger partial charge on any atom is 0.0540 e. The van der Waals surface area contributed by atoms with Crippen molar-refractivity contribution < 1.29 is 0 Å². The molecule has 0 aromatic heterocycles. The van der Waals surface area contributed by atoms with Gasteiger partial charge in [-0.05, 0) is 108 Å². The first-order valence-electron chi connectivity index (χ1n) is 21.5. The lowest BCUT2D eigenvalue weighted by Gasteiger charge is -2.32. The zero-order valence-corrected chi connectivity index (χ0v) is 35.2. The summed E-state index contributed by atoms with van der Waals surface area (Å²) < 4.78 is 0. The summed E-state index contributed by atoms with van der Waals surface area (Å²) in [6.45, 7) is 9.51. The molecule has 0 aliphatic heterocycles. The van der Waals surface area contributed by atoms with E-state index in [-0.39, 0.29) is 10.8 Å². The molecule has 0 radical (unpaired) electrons. The van der Waals surface area contributed by atoms with Gasteiger partial charge in [-0.3, -0.25) is 0 Å². The Morgan fingerprint density at radius 1 is 0.279 bits per heavy atom. The number of para-hydroxylation sites is 2. The molecule has 11 rings (SSSR count). The minimum absolute atomic E-state index is 0.112. The van der Waals surface area contributed by atoms with Crippen LogP contribution in [0.4, 0.5) is 17.1 Å². The van der Waals surface area contributed by atoms with Crippen molar-refractivity contribution in [3.05, 3.63) is 235 Å². The molecule has 2 aliphatic carbocycles. The molecule has 0 saturated heterocycles. The van der Waals surface area contributed by atoms with E-state index < -0.39 is 0 Å². The maximum atomic E-state index is 2.52. The molecule has 2 aliphatic rings. The van der Waals surface area contributed by atoms with Gasteiger partial charge in [0.25, 0.3) is 0 Å². The quantitative estimate of drug-likeness (QED) is 0.156. The van der Waals surface area contributed by atoms with Crippen LogP contribution in [0.1, 0.15) is 49.9 Å². The van der Waals surface area contributed by atoms with Gasteiger partial charge in [-0.2, -0.15) is 0 Å². The summed E-state index contributed by atoms with van der Waals surface area (Å²) in [6, 6.07) is 78.6. The highest BCUT2D eigenvalue weighted by molar-refractivity contribution is 5.99. The molecule has 61 heavy (non-hydrogen) atoms. The van der Waals surface area contributed by atoms with E-state index in [1.54, 1.807) is 0 Å². The predicted molar refractivity (Wildman–Crippen MR) is 258 cm³/mol. The molecule has 0 fully saturated rings. The van der Waals surface area contributed by atoms with Crippen LogP contribution >= 0.6 is 0 Å². The molecular weight excluding hydrogens is 735 g/mol. The molecule has 0 spiro atoms. The van der Waals surface area contributed by atoms with E-state index in [1.807, 2.05) is 0 Å². The highest BCUT2D eigenvalue weighted by Crippen LogP contribution is 2.55. The molecule has 0 unspecified atom stereocenters. The monoisotopic (exact) mass is 781 g/mol. The van der Waals surface area contributed by atoms with Gasteiger partial charge in [0.05, 0.1) is 11.4 Å². The lowest BCUT2D eigenvalue weighted by atomic mass is 9.78. The largest absolute Gasteiger partial charge is 0.309 e. The average Bonchev–Trinajstić information content (AvgIpc) is 3.69. The third kappa shape index (κ3) is 5.83. The highest BCUT2D eigenvalue weighted by atomic mass is 15.1. The van der Waals surface area contributed by atoms with Crippen molar-refractivity contribution in [2.45, 2.75) is 38.5 Å². The van der Waals surface area contributed by atoms with E-state index in [0.717, 1.165) is 17.1 Å². The minimum Gasteiger partial charge on any atom is -0.309 e. The van der Waals surface area contributed by atoms with Crippen LogP contribution in [0.5, 0.6) is 0 Å². The maximum absolute atomic E-state index is 2.52. The molecule has 1 nitrogen and oxygen atoms in total. The van der Waals surface area contributed by atoms with Crippen LogP contribution in [-0.2, 0) is 10.8 Å². The number of hydrogen-bond donors (Lipinski definition) is 0. The molecule has 0 heterocycles. The van der Waals surface area contributed by atoms with E-state index in [2.05, 4.69) is 245 Å². The third-order valence-electron chi connectivity index (χ3n) is 13.5. The van der Waals surface area contributed by atoms with Crippen molar-refractivity contribution in [2.75, 3.05) is 4.90 Å². The summed E-state index contributed by atoms with van der Waals surface area (Å²) >= 11 is 0. The number of rotatable bonds is 7. The number of hydrogen-bond acceptors (Lipinski definition) is 1.